The molecule has 0 radical (unpaired) electrons. The van der Waals surface area contributed by atoms with Crippen molar-refractivity contribution < 1.29 is 99.0 Å². The number of carboxylic acid groups (broad SMARTS) is 8. The third-order valence-electron chi connectivity index (χ3n) is 4.10. The van der Waals surface area contributed by atoms with Gasteiger partial charge in [0.15, 0.2) is 11.2 Å². The highest BCUT2D eigenvalue weighted by Crippen LogP contribution is 2.27. The second-order valence-corrected chi connectivity index (χ2v) is 7.48. The fourth-order valence-corrected chi connectivity index (χ4v) is 2.51. The normalized spacial score (nSPS) is 11.2. The molecular formula is C18H22O20. The summed E-state index contributed by atoms with van der Waals surface area (Å²) in [6, 6.07) is 0. The topological polar surface area (TPSA) is 365 Å². The number of hydrogen-bond donors (Lipinski definition) is 10. The van der Waals surface area contributed by atoms with Crippen LogP contribution in [0.25, 0.3) is 0 Å². The summed E-state index contributed by atoms with van der Waals surface area (Å²) in [6.45, 7) is 0. The van der Waals surface area contributed by atoms with Crippen molar-refractivity contribution in [1.29, 1.82) is 0 Å². The molecule has 0 aliphatic rings. The van der Waals surface area contributed by atoms with Crippen LogP contribution in [0.2, 0.25) is 0 Å². The Balaban J connectivity index is 0. The van der Waals surface area contributed by atoms with E-state index in [1.807, 2.05) is 0 Å². The molecule has 0 saturated carbocycles. The first-order chi connectivity index (χ1) is 17.0. The maximum atomic E-state index is 12.0. The SMILES string of the molecule is O=C(O)CC(O)(CC(=O)O)C(=O)O.O=C(O)CC(O)(CC(=O)O)C(=O)OC(CC(=O)O)(CC(=O)O)C(=O)O. The van der Waals surface area contributed by atoms with Gasteiger partial charge in [0.05, 0.1) is 38.5 Å². The molecule has 214 valence electrons. The minimum atomic E-state index is -3.24. The smallest absolute Gasteiger partial charge is 0.349 e. The van der Waals surface area contributed by atoms with E-state index in [1.54, 1.807) is 0 Å². The largest absolute Gasteiger partial charge is 0.481 e. The molecule has 0 amide bonds. The fourth-order valence-electron chi connectivity index (χ4n) is 2.51. The van der Waals surface area contributed by atoms with Crippen molar-refractivity contribution in [3.63, 3.8) is 0 Å². The number of ether oxygens (including phenoxy) is 1. The minimum absolute atomic E-state index is 1.14. The Labute approximate surface area is 208 Å². The van der Waals surface area contributed by atoms with Crippen LogP contribution in [0.4, 0.5) is 0 Å². The van der Waals surface area contributed by atoms with Crippen LogP contribution < -0.4 is 0 Å². The zero-order valence-corrected chi connectivity index (χ0v) is 18.8. The number of rotatable bonds is 16. The number of aliphatic hydroxyl groups is 2. The Morgan fingerprint density at radius 2 is 0.684 bits per heavy atom. The first-order valence-electron chi connectivity index (χ1n) is 9.47. The van der Waals surface area contributed by atoms with Crippen LogP contribution in [0.5, 0.6) is 0 Å². The van der Waals surface area contributed by atoms with Gasteiger partial charge in [-0.2, -0.15) is 0 Å². The van der Waals surface area contributed by atoms with Crippen LogP contribution in [0.15, 0.2) is 0 Å². The van der Waals surface area contributed by atoms with Crippen molar-refractivity contribution in [3.8, 4) is 0 Å². The molecule has 0 heterocycles. The molecule has 0 aliphatic carbocycles. The van der Waals surface area contributed by atoms with Crippen LogP contribution in [0.1, 0.15) is 38.5 Å². The molecule has 0 bridgehead atoms. The first kappa shape index (κ1) is 35.3. The maximum Gasteiger partial charge on any atom is 0.349 e. The van der Waals surface area contributed by atoms with E-state index in [0.29, 0.717) is 0 Å². The minimum Gasteiger partial charge on any atom is -0.481 e. The van der Waals surface area contributed by atoms with Crippen molar-refractivity contribution in [3.05, 3.63) is 0 Å². The third-order valence-corrected chi connectivity index (χ3v) is 4.10. The van der Waals surface area contributed by atoms with Crippen molar-refractivity contribution in [2.45, 2.75) is 55.3 Å². The maximum absolute atomic E-state index is 12.0. The molecule has 0 aromatic rings. The van der Waals surface area contributed by atoms with Crippen molar-refractivity contribution in [2.24, 2.45) is 0 Å². The van der Waals surface area contributed by atoms with Gasteiger partial charge in [-0.15, -0.1) is 0 Å². The van der Waals surface area contributed by atoms with Crippen LogP contribution >= 0.6 is 0 Å². The highest BCUT2D eigenvalue weighted by molar-refractivity contribution is 5.94. The van der Waals surface area contributed by atoms with E-state index in [1.165, 1.54) is 0 Å². The van der Waals surface area contributed by atoms with Gasteiger partial charge in [-0.25, -0.2) is 14.4 Å². The second-order valence-electron chi connectivity index (χ2n) is 7.48. The molecule has 10 N–H and O–H groups in total. The van der Waals surface area contributed by atoms with Gasteiger partial charge in [0.2, 0.25) is 5.60 Å². The van der Waals surface area contributed by atoms with E-state index >= 15 is 0 Å². The zero-order chi connectivity index (χ0) is 30.6. The predicted molar refractivity (Wildman–Crippen MR) is 108 cm³/mol. The summed E-state index contributed by atoms with van der Waals surface area (Å²) >= 11 is 0. The Morgan fingerprint density at radius 1 is 0.421 bits per heavy atom. The molecule has 0 atom stereocenters. The van der Waals surface area contributed by atoms with E-state index in [2.05, 4.69) is 4.74 Å². The van der Waals surface area contributed by atoms with Gasteiger partial charge in [-0.05, 0) is 0 Å². The lowest BCUT2D eigenvalue weighted by molar-refractivity contribution is -0.200. The van der Waals surface area contributed by atoms with Crippen molar-refractivity contribution >= 4 is 53.7 Å². The predicted octanol–water partition coefficient (Wildman–Crippen LogP) is -3.27. The van der Waals surface area contributed by atoms with Crippen LogP contribution in [0, 0.1) is 0 Å². The summed E-state index contributed by atoms with van der Waals surface area (Å²) in [5, 5.41) is 87.5. The molecule has 0 saturated heterocycles. The molecule has 38 heavy (non-hydrogen) atoms. The zero-order valence-electron chi connectivity index (χ0n) is 18.8. The molecule has 0 aliphatic heterocycles. The lowest BCUT2D eigenvalue weighted by atomic mass is 9.92. The Morgan fingerprint density at radius 3 is 0.895 bits per heavy atom. The number of aliphatic carboxylic acids is 8. The first-order valence-corrected chi connectivity index (χ1v) is 9.47. The molecule has 0 fully saturated rings. The number of carbonyl (C=O) groups excluding carboxylic acids is 1. The molecule has 0 aromatic heterocycles. The Hall–Kier alpha value is -4.85. The summed E-state index contributed by atoms with van der Waals surface area (Å²) in [6.07, 6.45) is -8.36. The number of carbonyl (C=O) groups is 9. The van der Waals surface area contributed by atoms with E-state index in [0.717, 1.165) is 0 Å². The van der Waals surface area contributed by atoms with Gasteiger partial charge in [-0.3, -0.25) is 28.8 Å². The third kappa shape index (κ3) is 12.2. The molecule has 20 nitrogen and oxygen atoms in total. The van der Waals surface area contributed by atoms with Gasteiger partial charge in [-0.1, -0.05) is 0 Å². The van der Waals surface area contributed by atoms with Gasteiger partial charge < -0.3 is 55.8 Å². The highest BCUT2D eigenvalue weighted by Gasteiger charge is 2.52. The number of esters is 1. The molecule has 20 heteroatoms. The van der Waals surface area contributed by atoms with Crippen molar-refractivity contribution in [2.75, 3.05) is 0 Å². The standard InChI is InChI=1S/C12H14O13.C6H8O7/c13-5(14)1-11(24,2-6(15)16)10(23)25-12(9(21)22,3-7(17)18)4-8(19)20;7-3(8)1-6(13,5(11)12)2-4(9)10/h24H,1-4H2,(H,13,14)(H,15,16)(H,17,18)(H,19,20)(H,21,22);13H,1-2H2,(H,7,8)(H,9,10)(H,11,12). The lowest BCUT2D eigenvalue weighted by Crippen LogP contribution is -2.53. The summed E-state index contributed by atoms with van der Waals surface area (Å²) in [7, 11) is 0. The molecule has 0 unspecified atom stereocenters. The van der Waals surface area contributed by atoms with Gasteiger partial charge in [0.1, 0.15) is 0 Å². The number of carboxylic acids is 8. The van der Waals surface area contributed by atoms with Gasteiger partial charge in [0.25, 0.3) is 0 Å². The van der Waals surface area contributed by atoms with E-state index in [4.69, 9.17) is 46.0 Å². The average Bonchev–Trinajstić information content (AvgIpc) is 2.64. The summed E-state index contributed by atoms with van der Waals surface area (Å²) in [4.78, 5) is 96.7. The second kappa shape index (κ2) is 14.0. The van der Waals surface area contributed by atoms with Crippen LogP contribution in [-0.2, 0) is 47.9 Å². The summed E-state index contributed by atoms with van der Waals surface area (Å²) in [5.41, 5.74) is -9.16. The Kier molecular flexibility index (Phi) is 13.0. The quantitative estimate of drug-likeness (QED) is 0.0830. The summed E-state index contributed by atoms with van der Waals surface area (Å²) in [5.74, 6) is -16.8. The lowest BCUT2D eigenvalue weighted by Gasteiger charge is -2.31. The van der Waals surface area contributed by atoms with E-state index < -0.39 is 109 Å². The number of hydrogen-bond acceptors (Lipinski definition) is 12. The van der Waals surface area contributed by atoms with Gasteiger partial charge >= 0.3 is 53.7 Å². The van der Waals surface area contributed by atoms with Gasteiger partial charge in [0, 0.05) is 0 Å². The van der Waals surface area contributed by atoms with E-state index in [9.17, 15) is 48.3 Å². The monoisotopic (exact) mass is 558 g/mol. The fraction of sp³-hybridized carbons (Fsp3) is 0.500. The molecule has 0 aromatic carbocycles. The molecule has 0 spiro atoms. The summed E-state index contributed by atoms with van der Waals surface area (Å²) < 4.78 is 4.31. The average molecular weight is 558 g/mol. The van der Waals surface area contributed by atoms with Crippen molar-refractivity contribution in [1.82, 2.24) is 0 Å². The molecular weight excluding hydrogens is 536 g/mol. The highest BCUT2D eigenvalue weighted by atomic mass is 16.6. The Bertz CT molecular complexity index is 944. The van der Waals surface area contributed by atoms with E-state index in [-0.39, 0.29) is 0 Å². The van der Waals surface area contributed by atoms with Crippen LogP contribution in [-0.4, -0.2) is 122 Å². The van der Waals surface area contributed by atoms with Crippen LogP contribution in [0.3, 0.4) is 0 Å². The molecule has 0 rings (SSSR count).